The van der Waals surface area contributed by atoms with Crippen LogP contribution in [0, 0.1) is 40.4 Å². The number of ether oxygens (including phenoxy) is 1. The number of fused-ring (bicyclic) bond motifs is 1. The standard InChI is InChI=1S/C11H15N.C11H14.C9H12.C8H9ClO.C8H9Cl.C8H9F/c1-2-12-8-7-10-5-3-4-6-11(10)9-12;1-3-5-11-8-6-10(4-2)7-9-11;1-7-4-5-8(2)9(3)6-7;1-2-10-8-5-3-7(9)4-6-8;1-6-3-4-8(9)5-7(6)2;1-2-7-5-3-4-6-8(7)9/h3-6H,2,7-9H2,1H3;3,5-9H,4H2,1-2H3;4-6H,1-3H3;3-6H,2H2,1H3;3-5H,1-2H3;3-6H,2H2,1H3. The van der Waals surface area contributed by atoms with Crippen LogP contribution in [0.5, 0.6) is 5.75 Å². The minimum atomic E-state index is -0.0972. The Balaban J connectivity index is 0.000000249. The van der Waals surface area contributed by atoms with Crippen LogP contribution in [0.2, 0.25) is 10.0 Å². The van der Waals surface area contributed by atoms with Crippen LogP contribution in [-0.4, -0.2) is 24.6 Å². The van der Waals surface area contributed by atoms with Gasteiger partial charge in [0.1, 0.15) is 11.6 Å². The van der Waals surface area contributed by atoms with Gasteiger partial charge in [-0.3, -0.25) is 4.90 Å². The van der Waals surface area contributed by atoms with E-state index < -0.39 is 0 Å². The molecule has 1 aliphatic rings. The van der Waals surface area contributed by atoms with E-state index in [1.54, 1.807) is 17.7 Å². The van der Waals surface area contributed by atoms with E-state index in [4.69, 9.17) is 27.9 Å². The van der Waals surface area contributed by atoms with Gasteiger partial charge < -0.3 is 4.74 Å². The van der Waals surface area contributed by atoms with Crippen LogP contribution in [0.4, 0.5) is 4.39 Å². The summed E-state index contributed by atoms with van der Waals surface area (Å²) in [5.74, 6) is 0.770. The van der Waals surface area contributed by atoms with Gasteiger partial charge in [-0.05, 0) is 167 Å². The second kappa shape index (κ2) is 29.5. The molecule has 0 atom stereocenters. The molecule has 0 spiro atoms. The lowest BCUT2D eigenvalue weighted by Gasteiger charge is -2.27. The molecule has 6 aromatic rings. The first kappa shape index (κ1) is 51.5. The Hall–Kier alpha value is -4.67. The Morgan fingerprint density at radius 2 is 1.20 bits per heavy atom. The van der Waals surface area contributed by atoms with Crippen LogP contribution in [-0.2, 0) is 25.8 Å². The summed E-state index contributed by atoms with van der Waals surface area (Å²) in [5, 5.41) is 1.56. The molecule has 0 radical (unpaired) electrons. The van der Waals surface area contributed by atoms with E-state index in [9.17, 15) is 4.39 Å². The van der Waals surface area contributed by atoms with Crippen molar-refractivity contribution in [3.8, 4) is 5.75 Å². The molecule has 0 amide bonds. The largest absolute Gasteiger partial charge is 0.494 e. The number of rotatable bonds is 6. The molecule has 320 valence electrons. The maximum atomic E-state index is 12.6. The van der Waals surface area contributed by atoms with Crippen molar-refractivity contribution in [2.24, 2.45) is 0 Å². The third-order valence-electron chi connectivity index (χ3n) is 10.00. The fourth-order valence-electron chi connectivity index (χ4n) is 5.96. The number of aryl methyl sites for hydroxylation is 7. The summed E-state index contributed by atoms with van der Waals surface area (Å²) in [6.45, 7) is 25.1. The summed E-state index contributed by atoms with van der Waals surface area (Å²) in [4.78, 5) is 2.49. The molecule has 0 aromatic heterocycles. The number of hydrogen-bond donors (Lipinski definition) is 0. The van der Waals surface area contributed by atoms with Crippen LogP contribution in [0.25, 0.3) is 6.08 Å². The van der Waals surface area contributed by atoms with Crippen LogP contribution >= 0.6 is 23.2 Å². The van der Waals surface area contributed by atoms with Crippen molar-refractivity contribution in [1.82, 2.24) is 4.90 Å². The summed E-state index contributed by atoms with van der Waals surface area (Å²) < 4.78 is 17.8. The second-order valence-electron chi connectivity index (χ2n) is 14.6. The zero-order valence-corrected chi connectivity index (χ0v) is 39.3. The number of benzene rings is 6. The van der Waals surface area contributed by atoms with E-state index in [1.807, 2.05) is 69.3 Å². The van der Waals surface area contributed by atoms with Gasteiger partial charge in [0.2, 0.25) is 0 Å². The van der Waals surface area contributed by atoms with Crippen molar-refractivity contribution in [3.05, 3.63) is 211 Å². The highest BCUT2D eigenvalue weighted by Crippen LogP contribution is 2.18. The summed E-state index contributed by atoms with van der Waals surface area (Å²) in [5.41, 5.74) is 13.2. The van der Waals surface area contributed by atoms with Crippen molar-refractivity contribution < 1.29 is 9.13 Å². The average Bonchev–Trinajstić information content (AvgIpc) is 3.26. The monoisotopic (exact) mass is 847 g/mol. The van der Waals surface area contributed by atoms with Crippen molar-refractivity contribution >= 4 is 29.3 Å². The second-order valence-corrected chi connectivity index (χ2v) is 15.5. The first-order chi connectivity index (χ1) is 28.8. The van der Waals surface area contributed by atoms with Gasteiger partial charge in [-0.25, -0.2) is 4.39 Å². The van der Waals surface area contributed by atoms with Crippen molar-refractivity contribution in [2.45, 2.75) is 95.0 Å². The Labute approximate surface area is 373 Å². The maximum Gasteiger partial charge on any atom is 0.126 e. The van der Waals surface area contributed by atoms with Gasteiger partial charge in [0.25, 0.3) is 0 Å². The fourth-order valence-corrected chi connectivity index (χ4v) is 6.31. The molecule has 0 unspecified atom stereocenters. The summed E-state index contributed by atoms with van der Waals surface area (Å²) >= 11 is 11.4. The van der Waals surface area contributed by atoms with Crippen LogP contribution in [0.1, 0.15) is 90.3 Å². The number of hydrogen-bond acceptors (Lipinski definition) is 2. The molecular formula is C55H68Cl2FNO. The number of allylic oxidation sites excluding steroid dienone is 1. The lowest BCUT2D eigenvalue weighted by molar-refractivity contribution is 0.268. The van der Waals surface area contributed by atoms with E-state index >= 15 is 0 Å². The van der Waals surface area contributed by atoms with Crippen LogP contribution in [0.3, 0.4) is 0 Å². The molecule has 7 rings (SSSR count). The van der Waals surface area contributed by atoms with Gasteiger partial charge in [0.05, 0.1) is 6.61 Å². The van der Waals surface area contributed by atoms with Crippen molar-refractivity contribution in [2.75, 3.05) is 19.7 Å². The third-order valence-corrected chi connectivity index (χ3v) is 10.5. The highest BCUT2D eigenvalue weighted by molar-refractivity contribution is 6.30. The van der Waals surface area contributed by atoms with E-state index in [1.165, 1.54) is 70.1 Å². The molecule has 0 saturated carbocycles. The topological polar surface area (TPSA) is 12.5 Å². The molecule has 5 heteroatoms. The molecular weight excluding hydrogens is 781 g/mol. The zero-order chi connectivity index (χ0) is 44.3. The van der Waals surface area contributed by atoms with Crippen molar-refractivity contribution in [3.63, 3.8) is 0 Å². The molecule has 6 aromatic carbocycles. The Morgan fingerprint density at radius 3 is 1.70 bits per heavy atom. The Kier molecular flexibility index (Phi) is 25.3. The normalized spacial score (nSPS) is 11.3. The highest BCUT2D eigenvalue weighted by Gasteiger charge is 2.13. The molecule has 60 heavy (non-hydrogen) atoms. The maximum absolute atomic E-state index is 12.6. The van der Waals surface area contributed by atoms with E-state index in [2.05, 4.69) is 132 Å². The van der Waals surface area contributed by atoms with Gasteiger partial charge in [-0.15, -0.1) is 0 Å². The van der Waals surface area contributed by atoms with Gasteiger partial charge in [-0.1, -0.05) is 153 Å². The van der Waals surface area contributed by atoms with Crippen LogP contribution in [0.15, 0.2) is 140 Å². The van der Waals surface area contributed by atoms with Gasteiger partial charge in [-0.2, -0.15) is 0 Å². The summed E-state index contributed by atoms with van der Waals surface area (Å²) in [6, 6.07) is 44.0. The highest BCUT2D eigenvalue weighted by atomic mass is 35.5. The summed E-state index contributed by atoms with van der Waals surface area (Å²) in [7, 11) is 0. The van der Waals surface area contributed by atoms with E-state index in [0.29, 0.717) is 6.61 Å². The Bertz CT molecular complexity index is 2060. The molecule has 1 aliphatic heterocycles. The van der Waals surface area contributed by atoms with E-state index in [0.717, 1.165) is 40.7 Å². The summed E-state index contributed by atoms with van der Waals surface area (Å²) in [6.07, 6.45) is 7.28. The molecule has 1 heterocycles. The lowest BCUT2D eigenvalue weighted by Crippen LogP contribution is -2.29. The SMILES string of the molecule is CC=Cc1ccc(CC)cc1.CCN1CCc2ccccc2C1.CCOc1ccc(Cl)cc1.CCc1ccccc1F.Cc1ccc(C)c(C)c1.Cc1ccc(Cl)cc1C. The number of likely N-dealkylation sites (N-methyl/N-ethyl adjacent to an activating group) is 1. The van der Waals surface area contributed by atoms with E-state index in [-0.39, 0.29) is 5.82 Å². The zero-order valence-electron chi connectivity index (χ0n) is 37.8. The predicted molar refractivity (Wildman–Crippen MR) is 262 cm³/mol. The van der Waals surface area contributed by atoms with Gasteiger partial charge in [0, 0.05) is 23.1 Å². The lowest BCUT2D eigenvalue weighted by atomic mass is 10.0. The number of nitrogens with zero attached hydrogens (tertiary/aromatic N) is 1. The molecule has 0 fully saturated rings. The molecule has 0 bridgehead atoms. The minimum Gasteiger partial charge on any atom is -0.494 e. The fraction of sp³-hybridized carbons (Fsp3) is 0.309. The Morgan fingerprint density at radius 1 is 0.617 bits per heavy atom. The quantitative estimate of drug-likeness (QED) is 0.166. The molecule has 0 N–H and O–H groups in total. The molecule has 0 aliphatic carbocycles. The average molecular weight is 849 g/mol. The van der Waals surface area contributed by atoms with Gasteiger partial charge >= 0.3 is 0 Å². The minimum absolute atomic E-state index is 0.0972. The smallest absolute Gasteiger partial charge is 0.126 e. The number of halogens is 3. The van der Waals surface area contributed by atoms with Crippen LogP contribution < -0.4 is 4.74 Å². The van der Waals surface area contributed by atoms with Crippen molar-refractivity contribution in [1.29, 1.82) is 0 Å². The molecule has 2 nitrogen and oxygen atoms in total. The molecule has 0 saturated heterocycles. The first-order valence-corrected chi connectivity index (χ1v) is 22.0. The van der Waals surface area contributed by atoms with Gasteiger partial charge in [0.15, 0.2) is 0 Å². The third kappa shape index (κ3) is 20.5. The predicted octanol–water partition coefficient (Wildman–Crippen LogP) is 16.0. The first-order valence-electron chi connectivity index (χ1n) is 21.2.